The van der Waals surface area contributed by atoms with E-state index < -0.39 is 0 Å². The Balaban J connectivity index is 0.00000106. The zero-order valence-electron chi connectivity index (χ0n) is 11.2. The van der Waals surface area contributed by atoms with E-state index in [0.717, 1.165) is 18.9 Å². The van der Waals surface area contributed by atoms with Gasteiger partial charge in [-0.25, -0.2) is 0 Å². The molecule has 0 aromatic carbocycles. The molecule has 0 aliphatic carbocycles. The molecule has 1 saturated heterocycles. The lowest BCUT2D eigenvalue weighted by molar-refractivity contribution is -0.217. The summed E-state index contributed by atoms with van der Waals surface area (Å²) in [4.78, 5) is 0. The van der Waals surface area contributed by atoms with Gasteiger partial charge in [-0.2, -0.15) is 0 Å². The zero-order chi connectivity index (χ0) is 12.6. The molecular weight excluding hydrogens is 204 g/mol. The summed E-state index contributed by atoms with van der Waals surface area (Å²) >= 11 is 0. The van der Waals surface area contributed by atoms with Gasteiger partial charge in [0.1, 0.15) is 0 Å². The largest absolute Gasteiger partial charge is 0.401 e. The predicted octanol–water partition coefficient (Wildman–Crippen LogP) is 1.82. The summed E-state index contributed by atoms with van der Waals surface area (Å²) in [5, 5.41) is 3.04. The van der Waals surface area contributed by atoms with E-state index in [0.29, 0.717) is 6.54 Å². The van der Waals surface area contributed by atoms with Crippen molar-refractivity contribution in [1.29, 1.82) is 0 Å². The van der Waals surface area contributed by atoms with Crippen LogP contribution in [-0.2, 0) is 9.47 Å². The molecule has 0 unspecified atom stereocenters. The van der Waals surface area contributed by atoms with Crippen LogP contribution in [0.15, 0.2) is 11.9 Å². The van der Waals surface area contributed by atoms with E-state index in [4.69, 9.17) is 15.2 Å². The van der Waals surface area contributed by atoms with Crippen molar-refractivity contribution in [2.45, 2.75) is 40.9 Å². The van der Waals surface area contributed by atoms with Gasteiger partial charge >= 0.3 is 0 Å². The Morgan fingerprint density at radius 3 is 2.31 bits per heavy atom. The molecule has 0 saturated carbocycles. The van der Waals surface area contributed by atoms with Crippen molar-refractivity contribution in [2.24, 2.45) is 11.1 Å². The minimum Gasteiger partial charge on any atom is -0.401 e. The van der Waals surface area contributed by atoms with Crippen molar-refractivity contribution in [3.05, 3.63) is 11.9 Å². The van der Waals surface area contributed by atoms with Gasteiger partial charge < -0.3 is 20.5 Å². The first-order valence-electron chi connectivity index (χ1n) is 5.88. The number of hydrogen-bond acceptors (Lipinski definition) is 4. The van der Waals surface area contributed by atoms with Crippen molar-refractivity contribution in [2.75, 3.05) is 19.8 Å². The van der Waals surface area contributed by atoms with Gasteiger partial charge in [0.15, 0.2) is 6.29 Å². The van der Waals surface area contributed by atoms with Gasteiger partial charge in [-0.15, -0.1) is 0 Å². The highest BCUT2D eigenvalue weighted by Gasteiger charge is 2.27. The van der Waals surface area contributed by atoms with Gasteiger partial charge in [-0.05, 0) is 6.92 Å². The lowest BCUT2D eigenvalue weighted by Crippen LogP contribution is -2.41. The molecule has 0 spiro atoms. The summed E-state index contributed by atoms with van der Waals surface area (Å²) in [6.07, 6.45) is 1.60. The minimum atomic E-state index is -0.154. The highest BCUT2D eigenvalue weighted by molar-refractivity contribution is 4.89. The number of nitrogens with two attached hydrogens (primary N) is 1. The molecule has 1 heterocycles. The Kier molecular flexibility index (Phi) is 7.17. The van der Waals surface area contributed by atoms with E-state index in [9.17, 15) is 0 Å². The summed E-state index contributed by atoms with van der Waals surface area (Å²) in [5.41, 5.74) is 6.35. The van der Waals surface area contributed by atoms with Crippen LogP contribution in [0.4, 0.5) is 0 Å². The molecule has 4 nitrogen and oxygen atoms in total. The van der Waals surface area contributed by atoms with Crippen molar-refractivity contribution in [3.8, 4) is 0 Å². The van der Waals surface area contributed by atoms with Crippen LogP contribution >= 0.6 is 0 Å². The van der Waals surface area contributed by atoms with Crippen LogP contribution in [0.5, 0.6) is 0 Å². The average Bonchev–Trinajstić information content (AvgIpc) is 2.23. The standard InChI is InChI=1S/C10H20N2O2.C2H6/c1-8(11)4-12-5-9-13-6-10(2,3)7-14-9;1-2/h4,9,12H,5-7,11H2,1-3H3;1-2H3/b8-4-;. The minimum absolute atomic E-state index is 0.135. The molecule has 0 radical (unpaired) electrons. The van der Waals surface area contributed by atoms with Gasteiger partial charge in [-0.3, -0.25) is 0 Å². The van der Waals surface area contributed by atoms with Crippen molar-refractivity contribution >= 4 is 0 Å². The van der Waals surface area contributed by atoms with E-state index in [1.165, 1.54) is 0 Å². The summed E-state index contributed by atoms with van der Waals surface area (Å²) in [6.45, 7) is 12.2. The SMILES string of the molecule is C/C(N)=C/NCC1OCC(C)(C)CO1.CC. The summed E-state index contributed by atoms with van der Waals surface area (Å²) in [5.74, 6) is 0. The molecule has 1 aliphatic rings. The maximum Gasteiger partial charge on any atom is 0.174 e. The fraction of sp³-hybridized carbons (Fsp3) is 0.833. The van der Waals surface area contributed by atoms with Crippen LogP contribution in [-0.4, -0.2) is 26.0 Å². The molecule has 1 aliphatic heterocycles. The first-order valence-corrected chi connectivity index (χ1v) is 5.88. The van der Waals surface area contributed by atoms with Crippen molar-refractivity contribution < 1.29 is 9.47 Å². The molecule has 96 valence electrons. The normalized spacial score (nSPS) is 20.9. The smallest absolute Gasteiger partial charge is 0.174 e. The monoisotopic (exact) mass is 230 g/mol. The van der Waals surface area contributed by atoms with E-state index in [1.807, 2.05) is 20.8 Å². The van der Waals surface area contributed by atoms with Gasteiger partial charge in [-0.1, -0.05) is 27.7 Å². The summed E-state index contributed by atoms with van der Waals surface area (Å²) in [7, 11) is 0. The molecule has 16 heavy (non-hydrogen) atoms. The maximum atomic E-state index is 5.52. The molecule has 0 aromatic rings. The highest BCUT2D eigenvalue weighted by atomic mass is 16.7. The van der Waals surface area contributed by atoms with Gasteiger partial charge in [0.05, 0.1) is 19.8 Å². The van der Waals surface area contributed by atoms with Crippen LogP contribution < -0.4 is 11.1 Å². The average molecular weight is 230 g/mol. The lowest BCUT2D eigenvalue weighted by atomic mass is 9.96. The van der Waals surface area contributed by atoms with Crippen LogP contribution in [0.25, 0.3) is 0 Å². The van der Waals surface area contributed by atoms with Gasteiger partial charge in [0, 0.05) is 17.3 Å². The second-order valence-corrected chi connectivity index (χ2v) is 4.51. The van der Waals surface area contributed by atoms with Crippen LogP contribution in [0.1, 0.15) is 34.6 Å². The number of nitrogens with one attached hydrogen (secondary N) is 1. The van der Waals surface area contributed by atoms with E-state index in [2.05, 4.69) is 19.2 Å². The number of ether oxygens (including phenoxy) is 2. The van der Waals surface area contributed by atoms with Crippen molar-refractivity contribution in [3.63, 3.8) is 0 Å². The van der Waals surface area contributed by atoms with E-state index >= 15 is 0 Å². The zero-order valence-corrected chi connectivity index (χ0v) is 11.2. The second kappa shape index (κ2) is 7.52. The molecule has 4 heteroatoms. The Labute approximate surface area is 99.2 Å². The third kappa shape index (κ3) is 6.69. The fourth-order valence-corrected chi connectivity index (χ4v) is 1.16. The first kappa shape index (κ1) is 15.3. The third-order valence-electron chi connectivity index (χ3n) is 1.93. The topological polar surface area (TPSA) is 56.5 Å². The van der Waals surface area contributed by atoms with Crippen LogP contribution in [0.3, 0.4) is 0 Å². The number of rotatable bonds is 3. The molecule has 0 bridgehead atoms. The predicted molar refractivity (Wildman–Crippen MR) is 66.8 cm³/mol. The molecule has 1 rings (SSSR count). The van der Waals surface area contributed by atoms with E-state index in [-0.39, 0.29) is 11.7 Å². The molecule has 0 amide bonds. The third-order valence-corrected chi connectivity index (χ3v) is 1.93. The lowest BCUT2D eigenvalue weighted by Gasteiger charge is -2.34. The molecule has 0 aromatic heterocycles. The molecule has 0 atom stereocenters. The summed E-state index contributed by atoms with van der Waals surface area (Å²) < 4.78 is 11.0. The first-order chi connectivity index (χ1) is 7.49. The summed E-state index contributed by atoms with van der Waals surface area (Å²) in [6, 6.07) is 0. The van der Waals surface area contributed by atoms with Gasteiger partial charge in [0.2, 0.25) is 0 Å². The second-order valence-electron chi connectivity index (χ2n) is 4.51. The fourth-order valence-electron chi connectivity index (χ4n) is 1.16. The quantitative estimate of drug-likeness (QED) is 0.776. The Morgan fingerprint density at radius 1 is 1.38 bits per heavy atom. The van der Waals surface area contributed by atoms with Crippen LogP contribution in [0, 0.1) is 5.41 Å². The molecular formula is C12H26N2O2. The molecule has 3 N–H and O–H groups in total. The number of hydrogen-bond donors (Lipinski definition) is 2. The Bertz CT molecular complexity index is 201. The van der Waals surface area contributed by atoms with Crippen molar-refractivity contribution in [1.82, 2.24) is 5.32 Å². The molecule has 1 fully saturated rings. The maximum absolute atomic E-state index is 5.52. The Morgan fingerprint density at radius 2 is 1.88 bits per heavy atom. The van der Waals surface area contributed by atoms with E-state index in [1.54, 1.807) is 6.20 Å². The highest BCUT2D eigenvalue weighted by Crippen LogP contribution is 2.22. The van der Waals surface area contributed by atoms with Crippen LogP contribution in [0.2, 0.25) is 0 Å². The van der Waals surface area contributed by atoms with Gasteiger partial charge in [0.25, 0.3) is 0 Å². The Hall–Kier alpha value is -0.740. The number of allylic oxidation sites excluding steroid dienone is 1.